The van der Waals surface area contributed by atoms with Gasteiger partial charge in [-0.1, -0.05) is 32.4 Å². The summed E-state index contributed by atoms with van der Waals surface area (Å²) in [6, 6.07) is 0.224. The molecule has 1 heterocycles. The van der Waals surface area contributed by atoms with Crippen LogP contribution in [0, 0.1) is 6.92 Å². The Balaban J connectivity index is 3.14. The minimum Gasteiger partial charge on any atom is -0.377 e. The van der Waals surface area contributed by atoms with Crippen LogP contribution in [0.5, 0.6) is 0 Å². The molecule has 5 heteroatoms. The zero-order valence-electron chi connectivity index (χ0n) is 14.3. The minimum absolute atomic E-state index is 0.171. The first-order chi connectivity index (χ1) is 9.99. The lowest BCUT2D eigenvalue weighted by Crippen LogP contribution is -2.53. The number of likely N-dealkylation sites (N-methyl/N-ethyl adjacent to an activating group) is 1. The fourth-order valence-corrected chi connectivity index (χ4v) is 3.33. The second-order valence-electron chi connectivity index (χ2n) is 5.45. The lowest BCUT2D eigenvalue weighted by molar-refractivity contribution is -0.0472. The maximum atomic E-state index is 6.46. The van der Waals surface area contributed by atoms with Crippen LogP contribution in [0.1, 0.15) is 51.9 Å². The molecule has 0 radical (unpaired) electrons. The van der Waals surface area contributed by atoms with Gasteiger partial charge < -0.3 is 10.1 Å². The van der Waals surface area contributed by atoms with Gasteiger partial charge in [-0.05, 0) is 33.2 Å². The molecule has 1 rings (SSSR count). The zero-order chi connectivity index (χ0) is 16.0. The van der Waals surface area contributed by atoms with Gasteiger partial charge in [-0.25, -0.2) is 0 Å². The molecule has 1 atom stereocenters. The standard InChI is InChI=1S/C16H30ClN3O/c1-7-16(8-2,21-6)14(18-9-3)11-13-15(17)12(5)19-20(13)10-4/h14,18H,7-11H2,1-6H3. The first-order valence-corrected chi connectivity index (χ1v) is 8.37. The number of aromatic nitrogens is 2. The Kier molecular flexibility index (Phi) is 7.17. The summed E-state index contributed by atoms with van der Waals surface area (Å²) < 4.78 is 7.92. The predicted molar refractivity (Wildman–Crippen MR) is 89.1 cm³/mol. The molecule has 1 unspecified atom stereocenters. The van der Waals surface area contributed by atoms with Crippen LogP contribution in [0.2, 0.25) is 5.02 Å². The number of methoxy groups -OCH3 is 1. The SMILES string of the molecule is CCNC(Cc1c(Cl)c(C)nn1CC)C(CC)(CC)OC. The summed E-state index contributed by atoms with van der Waals surface area (Å²) in [4.78, 5) is 0. The van der Waals surface area contributed by atoms with Gasteiger partial charge in [0.15, 0.2) is 0 Å². The van der Waals surface area contributed by atoms with Crippen LogP contribution in [0.4, 0.5) is 0 Å². The van der Waals surface area contributed by atoms with Crippen molar-refractivity contribution in [1.82, 2.24) is 15.1 Å². The van der Waals surface area contributed by atoms with Crippen molar-refractivity contribution < 1.29 is 4.74 Å². The van der Waals surface area contributed by atoms with E-state index in [9.17, 15) is 0 Å². The summed E-state index contributed by atoms with van der Waals surface area (Å²) in [5, 5.41) is 8.89. The largest absolute Gasteiger partial charge is 0.377 e. The molecule has 1 aromatic rings. The third kappa shape index (κ3) is 3.79. The highest BCUT2D eigenvalue weighted by atomic mass is 35.5. The quantitative estimate of drug-likeness (QED) is 0.757. The predicted octanol–water partition coefficient (Wildman–Crippen LogP) is 3.59. The van der Waals surface area contributed by atoms with Crippen LogP contribution >= 0.6 is 11.6 Å². The van der Waals surface area contributed by atoms with Crippen LogP contribution in [0.3, 0.4) is 0 Å². The van der Waals surface area contributed by atoms with E-state index in [1.807, 2.05) is 11.6 Å². The van der Waals surface area contributed by atoms with Gasteiger partial charge in [-0.2, -0.15) is 5.10 Å². The van der Waals surface area contributed by atoms with Crippen molar-refractivity contribution >= 4 is 11.6 Å². The van der Waals surface area contributed by atoms with Crippen molar-refractivity contribution in [3.05, 3.63) is 16.4 Å². The van der Waals surface area contributed by atoms with Crippen LogP contribution in [0.15, 0.2) is 0 Å². The minimum atomic E-state index is -0.171. The monoisotopic (exact) mass is 315 g/mol. The molecule has 0 spiro atoms. The number of hydrogen-bond acceptors (Lipinski definition) is 3. The van der Waals surface area contributed by atoms with E-state index < -0.39 is 0 Å². The molecule has 1 aromatic heterocycles. The van der Waals surface area contributed by atoms with E-state index in [0.29, 0.717) is 0 Å². The summed E-state index contributed by atoms with van der Waals surface area (Å²) in [7, 11) is 1.81. The molecule has 0 aliphatic heterocycles. The number of rotatable bonds is 9. The number of ether oxygens (including phenoxy) is 1. The normalized spacial score (nSPS) is 13.7. The van der Waals surface area contributed by atoms with Crippen molar-refractivity contribution in [3.63, 3.8) is 0 Å². The van der Waals surface area contributed by atoms with E-state index in [1.54, 1.807) is 7.11 Å². The number of hydrogen-bond donors (Lipinski definition) is 1. The van der Waals surface area contributed by atoms with Crippen molar-refractivity contribution in [2.75, 3.05) is 13.7 Å². The maximum Gasteiger partial charge on any atom is 0.0847 e. The first kappa shape index (κ1) is 18.5. The topological polar surface area (TPSA) is 39.1 Å². The lowest BCUT2D eigenvalue weighted by atomic mass is 9.85. The molecule has 1 N–H and O–H groups in total. The number of nitrogens with one attached hydrogen (secondary N) is 1. The molecule has 122 valence electrons. The van der Waals surface area contributed by atoms with Gasteiger partial charge in [0.2, 0.25) is 0 Å². The molecule has 21 heavy (non-hydrogen) atoms. The molecule has 0 amide bonds. The van der Waals surface area contributed by atoms with Crippen molar-refractivity contribution in [2.45, 2.75) is 72.1 Å². The molecule has 0 aliphatic carbocycles. The summed E-state index contributed by atoms with van der Waals surface area (Å²) >= 11 is 6.46. The summed E-state index contributed by atoms with van der Waals surface area (Å²) in [6.45, 7) is 12.3. The fraction of sp³-hybridized carbons (Fsp3) is 0.812. The van der Waals surface area contributed by atoms with E-state index >= 15 is 0 Å². The second kappa shape index (κ2) is 8.16. The van der Waals surface area contributed by atoms with Crippen LogP contribution in [-0.2, 0) is 17.7 Å². The van der Waals surface area contributed by atoms with Crippen molar-refractivity contribution in [3.8, 4) is 0 Å². The number of nitrogens with zero attached hydrogens (tertiary/aromatic N) is 2. The highest BCUT2D eigenvalue weighted by molar-refractivity contribution is 6.31. The van der Waals surface area contributed by atoms with Gasteiger partial charge in [0.05, 0.1) is 22.0 Å². The van der Waals surface area contributed by atoms with Gasteiger partial charge >= 0.3 is 0 Å². The van der Waals surface area contributed by atoms with Crippen molar-refractivity contribution in [1.29, 1.82) is 0 Å². The summed E-state index contributed by atoms with van der Waals surface area (Å²) in [5.41, 5.74) is 1.83. The van der Waals surface area contributed by atoms with Gasteiger partial charge in [0.1, 0.15) is 0 Å². The average Bonchev–Trinajstić information content (AvgIpc) is 2.77. The van der Waals surface area contributed by atoms with Crippen LogP contribution in [0.25, 0.3) is 0 Å². The Morgan fingerprint density at radius 1 is 1.29 bits per heavy atom. The molecule has 0 aromatic carbocycles. The Morgan fingerprint density at radius 3 is 2.33 bits per heavy atom. The average molecular weight is 316 g/mol. The van der Waals surface area contributed by atoms with E-state index in [-0.39, 0.29) is 11.6 Å². The smallest absolute Gasteiger partial charge is 0.0847 e. The van der Waals surface area contributed by atoms with E-state index in [1.165, 1.54) is 0 Å². The number of aryl methyl sites for hydroxylation is 2. The molecule has 0 saturated carbocycles. The summed E-state index contributed by atoms with van der Waals surface area (Å²) in [5.74, 6) is 0. The van der Waals surface area contributed by atoms with Gasteiger partial charge in [-0.3, -0.25) is 4.68 Å². The number of halogens is 1. The highest BCUT2D eigenvalue weighted by Crippen LogP contribution is 2.29. The van der Waals surface area contributed by atoms with Crippen molar-refractivity contribution in [2.24, 2.45) is 0 Å². The molecular formula is C16H30ClN3O. The van der Waals surface area contributed by atoms with E-state index in [2.05, 4.69) is 38.1 Å². The molecule has 0 saturated heterocycles. The lowest BCUT2D eigenvalue weighted by Gasteiger charge is -2.39. The summed E-state index contributed by atoms with van der Waals surface area (Å²) in [6.07, 6.45) is 2.76. The Morgan fingerprint density at radius 2 is 1.90 bits per heavy atom. The third-order valence-electron chi connectivity index (χ3n) is 4.54. The van der Waals surface area contributed by atoms with Gasteiger partial charge in [0, 0.05) is 26.1 Å². The van der Waals surface area contributed by atoms with Gasteiger partial charge in [0.25, 0.3) is 0 Å². The first-order valence-electron chi connectivity index (χ1n) is 7.99. The fourth-order valence-electron chi connectivity index (χ4n) is 3.12. The molecule has 4 nitrogen and oxygen atoms in total. The highest BCUT2D eigenvalue weighted by Gasteiger charge is 2.36. The molecular weight excluding hydrogens is 286 g/mol. The molecule has 0 aliphatic rings. The Labute approximate surface area is 134 Å². The molecule has 0 bridgehead atoms. The van der Waals surface area contributed by atoms with Crippen LogP contribution in [-0.4, -0.2) is 35.1 Å². The van der Waals surface area contributed by atoms with E-state index in [0.717, 1.165) is 48.8 Å². The zero-order valence-corrected chi connectivity index (χ0v) is 15.0. The van der Waals surface area contributed by atoms with E-state index in [4.69, 9.17) is 16.3 Å². The maximum absolute atomic E-state index is 6.46. The second-order valence-corrected chi connectivity index (χ2v) is 5.83. The van der Waals surface area contributed by atoms with Gasteiger partial charge in [-0.15, -0.1) is 0 Å². The van der Waals surface area contributed by atoms with Crippen LogP contribution < -0.4 is 5.32 Å². The Hall–Kier alpha value is -0.580. The third-order valence-corrected chi connectivity index (χ3v) is 5.03. The molecule has 0 fully saturated rings. The Bertz CT molecular complexity index is 433.